The molecular weight excluding hydrogens is 436 g/mol. The van der Waals surface area contributed by atoms with Gasteiger partial charge in [0.05, 0.1) is 9.77 Å². The normalized spacial score (nSPS) is 19.2. The molecule has 0 radical (unpaired) electrons. The summed E-state index contributed by atoms with van der Waals surface area (Å²) >= 11 is 1.45. The molecule has 0 saturated carbocycles. The van der Waals surface area contributed by atoms with Crippen LogP contribution in [0.4, 0.5) is 0 Å². The molecule has 0 bridgehead atoms. The van der Waals surface area contributed by atoms with Crippen molar-refractivity contribution >= 4 is 39.0 Å². The van der Waals surface area contributed by atoms with Crippen LogP contribution in [0.5, 0.6) is 0 Å². The predicted octanol–water partition coefficient (Wildman–Crippen LogP) is 2.15. The number of amidine groups is 1. The van der Waals surface area contributed by atoms with E-state index in [4.69, 9.17) is 0 Å². The van der Waals surface area contributed by atoms with Crippen molar-refractivity contribution in [3.63, 3.8) is 0 Å². The Morgan fingerprint density at radius 2 is 2.00 bits per heavy atom. The first kappa shape index (κ1) is 21.5. The lowest BCUT2D eigenvalue weighted by Gasteiger charge is -2.19. The molecule has 1 aliphatic heterocycles. The van der Waals surface area contributed by atoms with Gasteiger partial charge in [0.25, 0.3) is 21.8 Å². The molecule has 1 aromatic heterocycles. The van der Waals surface area contributed by atoms with Crippen LogP contribution in [0.15, 0.2) is 40.2 Å². The fourth-order valence-electron chi connectivity index (χ4n) is 3.73. The summed E-state index contributed by atoms with van der Waals surface area (Å²) in [5, 5.41) is 0. The van der Waals surface area contributed by atoms with Gasteiger partial charge < -0.3 is 0 Å². The van der Waals surface area contributed by atoms with E-state index in [0.717, 1.165) is 19.3 Å². The summed E-state index contributed by atoms with van der Waals surface area (Å²) in [7, 11) is -3.70. The number of rotatable bonds is 5. The quantitative estimate of drug-likeness (QED) is 0.593. The van der Waals surface area contributed by atoms with Crippen LogP contribution >= 0.6 is 11.3 Å². The number of hydrogen-bond donors (Lipinski definition) is 3. The number of aliphatic imine (C=N–C) groups is 1. The average molecular weight is 461 g/mol. The van der Waals surface area contributed by atoms with Gasteiger partial charge in [-0.25, -0.2) is 8.42 Å². The van der Waals surface area contributed by atoms with Gasteiger partial charge in [0.1, 0.15) is 11.9 Å². The van der Waals surface area contributed by atoms with E-state index in [9.17, 15) is 18.0 Å². The van der Waals surface area contributed by atoms with E-state index >= 15 is 0 Å². The van der Waals surface area contributed by atoms with Gasteiger partial charge in [0.15, 0.2) is 0 Å². The molecule has 1 aromatic carbocycles. The van der Waals surface area contributed by atoms with E-state index in [1.54, 1.807) is 18.2 Å². The number of carbonyl (C=O) groups excluding carboxylic acids is 2. The first-order chi connectivity index (χ1) is 14.8. The molecule has 2 heterocycles. The summed E-state index contributed by atoms with van der Waals surface area (Å²) in [6.07, 6.45) is 3.74. The largest absolute Gasteiger partial charge is 0.279 e. The first-order valence-corrected chi connectivity index (χ1v) is 12.5. The number of nitrogens with one attached hydrogen (secondary N) is 3. The third kappa shape index (κ3) is 4.22. The van der Waals surface area contributed by atoms with Crippen LogP contribution in [0.3, 0.4) is 0 Å². The molecule has 2 aromatic rings. The van der Waals surface area contributed by atoms with Crippen LogP contribution in [0.2, 0.25) is 0 Å². The second-order valence-electron chi connectivity index (χ2n) is 7.77. The average Bonchev–Trinajstić information content (AvgIpc) is 3.42. The Labute approximate surface area is 185 Å². The number of nitrogens with zero attached hydrogens (tertiary/aromatic N) is 1. The number of hydrogen-bond acceptors (Lipinski definition) is 6. The van der Waals surface area contributed by atoms with Crippen molar-refractivity contribution in [3.05, 3.63) is 51.2 Å². The number of hydrazine groups is 1. The fourth-order valence-corrected chi connectivity index (χ4v) is 6.12. The molecule has 2 aliphatic rings. The number of sulfonamides is 1. The lowest BCUT2D eigenvalue weighted by Crippen LogP contribution is -2.48. The Balaban J connectivity index is 1.51. The standard InChI is InChI=1S/C21H24N4O4S2/c1-3-12(2)18(22-19-14-8-4-5-10-17(14)31(28,29)25-19)21(27)24-23-20(26)16-11-13-7-6-9-15(13)30-16/h4-5,8,10-12,18H,3,6-7,9H2,1-2H3,(H,22,25)(H,23,26)(H,24,27). The van der Waals surface area contributed by atoms with Crippen molar-refractivity contribution in [2.75, 3.05) is 0 Å². The minimum atomic E-state index is -3.70. The number of benzene rings is 1. The van der Waals surface area contributed by atoms with Gasteiger partial charge in [-0.3, -0.25) is 30.2 Å². The number of thiophene rings is 1. The number of aryl methyl sites for hydroxylation is 2. The summed E-state index contributed by atoms with van der Waals surface area (Å²) in [5.74, 6) is -0.901. The second-order valence-corrected chi connectivity index (χ2v) is 10.6. The van der Waals surface area contributed by atoms with E-state index in [2.05, 4.69) is 20.6 Å². The van der Waals surface area contributed by atoms with Gasteiger partial charge in [-0.1, -0.05) is 32.4 Å². The fraction of sp³-hybridized carbons (Fsp3) is 0.381. The number of amides is 2. The Kier molecular flexibility index (Phi) is 5.85. The molecular formula is C21H24N4O4S2. The van der Waals surface area contributed by atoms with Crippen LogP contribution in [0.25, 0.3) is 0 Å². The molecule has 31 heavy (non-hydrogen) atoms. The lowest BCUT2D eigenvalue weighted by atomic mass is 9.99. The van der Waals surface area contributed by atoms with Crippen molar-refractivity contribution in [1.29, 1.82) is 0 Å². The zero-order valence-corrected chi connectivity index (χ0v) is 18.9. The van der Waals surface area contributed by atoms with Gasteiger partial charge in [0, 0.05) is 10.4 Å². The van der Waals surface area contributed by atoms with E-state index in [1.807, 2.05) is 19.9 Å². The van der Waals surface area contributed by atoms with Crippen LogP contribution in [-0.4, -0.2) is 32.1 Å². The second kappa shape index (κ2) is 8.43. The van der Waals surface area contributed by atoms with Gasteiger partial charge in [-0.15, -0.1) is 11.3 Å². The maximum Gasteiger partial charge on any atom is 0.279 e. The minimum absolute atomic E-state index is 0.135. The van der Waals surface area contributed by atoms with Gasteiger partial charge in [-0.05, 0) is 48.9 Å². The molecule has 0 fully saturated rings. The summed E-state index contributed by atoms with van der Waals surface area (Å²) in [6.45, 7) is 3.78. The van der Waals surface area contributed by atoms with Crippen LogP contribution < -0.4 is 15.6 Å². The third-order valence-corrected chi connectivity index (χ3v) is 8.29. The molecule has 4 rings (SSSR count). The van der Waals surface area contributed by atoms with E-state index in [-0.39, 0.29) is 22.6 Å². The Morgan fingerprint density at radius 3 is 2.74 bits per heavy atom. The smallest absolute Gasteiger partial charge is 0.271 e. The molecule has 0 saturated heterocycles. The maximum atomic E-state index is 12.9. The van der Waals surface area contributed by atoms with Crippen molar-refractivity contribution in [1.82, 2.24) is 15.6 Å². The summed E-state index contributed by atoms with van der Waals surface area (Å²) in [5.41, 5.74) is 6.57. The van der Waals surface area contributed by atoms with Crippen molar-refractivity contribution in [2.24, 2.45) is 10.9 Å². The monoisotopic (exact) mass is 460 g/mol. The van der Waals surface area contributed by atoms with E-state index in [0.29, 0.717) is 16.9 Å². The van der Waals surface area contributed by atoms with Crippen molar-refractivity contribution in [3.8, 4) is 0 Å². The Morgan fingerprint density at radius 1 is 1.23 bits per heavy atom. The Hall–Kier alpha value is -2.72. The molecule has 2 amide bonds. The van der Waals surface area contributed by atoms with Crippen LogP contribution in [0.1, 0.15) is 52.4 Å². The van der Waals surface area contributed by atoms with Gasteiger partial charge >= 0.3 is 0 Å². The summed E-state index contributed by atoms with van der Waals surface area (Å²) in [4.78, 5) is 31.7. The first-order valence-electron chi connectivity index (χ1n) is 10.2. The lowest BCUT2D eigenvalue weighted by molar-refractivity contribution is -0.124. The molecule has 2 atom stereocenters. The molecule has 1 aliphatic carbocycles. The maximum absolute atomic E-state index is 12.9. The molecule has 0 spiro atoms. The Bertz CT molecular complexity index is 1150. The van der Waals surface area contributed by atoms with Gasteiger partial charge in [0.2, 0.25) is 0 Å². The van der Waals surface area contributed by atoms with E-state index in [1.165, 1.54) is 27.8 Å². The van der Waals surface area contributed by atoms with Crippen molar-refractivity contribution < 1.29 is 18.0 Å². The van der Waals surface area contributed by atoms with Crippen molar-refractivity contribution in [2.45, 2.75) is 50.5 Å². The summed E-state index contributed by atoms with van der Waals surface area (Å²) < 4.78 is 27.1. The highest BCUT2D eigenvalue weighted by Gasteiger charge is 2.33. The van der Waals surface area contributed by atoms with Gasteiger partial charge in [-0.2, -0.15) is 0 Å². The van der Waals surface area contributed by atoms with Crippen LogP contribution in [-0.2, 0) is 27.7 Å². The zero-order valence-electron chi connectivity index (χ0n) is 17.3. The summed E-state index contributed by atoms with van der Waals surface area (Å²) in [6, 6.07) is 7.50. The molecule has 164 valence electrons. The highest BCUT2D eigenvalue weighted by Crippen LogP contribution is 2.30. The molecule has 3 N–H and O–H groups in total. The molecule has 2 unspecified atom stereocenters. The van der Waals surface area contributed by atoms with Crippen LogP contribution in [0, 0.1) is 5.92 Å². The third-order valence-electron chi connectivity index (χ3n) is 5.65. The highest BCUT2D eigenvalue weighted by molar-refractivity contribution is 7.90. The van der Waals surface area contributed by atoms with E-state index < -0.39 is 22.0 Å². The minimum Gasteiger partial charge on any atom is -0.271 e. The zero-order chi connectivity index (χ0) is 22.2. The molecule has 10 heteroatoms. The molecule has 8 nitrogen and oxygen atoms in total. The predicted molar refractivity (Wildman–Crippen MR) is 118 cm³/mol. The topological polar surface area (TPSA) is 117 Å². The number of carbonyl (C=O) groups is 2. The highest BCUT2D eigenvalue weighted by atomic mass is 32.2. The SMILES string of the molecule is CCC(C)C(N=C1NS(=O)(=O)c2ccccc21)C(=O)NNC(=O)c1cc2c(s1)CCC2. The number of fused-ring (bicyclic) bond motifs is 2.